The van der Waals surface area contributed by atoms with Crippen LogP contribution in [0, 0.1) is 13.8 Å². The molecule has 1 saturated carbocycles. The molecule has 0 amide bonds. The van der Waals surface area contributed by atoms with Gasteiger partial charge in [-0.15, -0.1) is 0 Å². The Balaban J connectivity index is 1.26. The molecular formula is C28H29N5O3. The maximum atomic E-state index is 12.4. The summed E-state index contributed by atoms with van der Waals surface area (Å²) in [6.07, 6.45) is 7.21. The summed E-state index contributed by atoms with van der Waals surface area (Å²) in [6.45, 7) is 3.95. The first kappa shape index (κ1) is 23.7. The summed E-state index contributed by atoms with van der Waals surface area (Å²) in [5.41, 5.74) is 3.84. The quantitative estimate of drug-likeness (QED) is 0.372. The van der Waals surface area contributed by atoms with E-state index < -0.39 is 5.60 Å². The Morgan fingerprint density at radius 3 is 2.61 bits per heavy atom. The molecule has 1 aliphatic carbocycles. The second kappa shape index (κ2) is 9.91. The van der Waals surface area contributed by atoms with Crippen LogP contribution in [0.3, 0.4) is 0 Å². The maximum Gasteiger partial charge on any atom is 0.338 e. The lowest BCUT2D eigenvalue weighted by Gasteiger charge is -2.34. The summed E-state index contributed by atoms with van der Waals surface area (Å²) in [5.74, 6) is 0.215. The van der Waals surface area contributed by atoms with Gasteiger partial charge in [0.05, 0.1) is 17.6 Å². The topological polar surface area (TPSA) is 102 Å². The first-order chi connectivity index (χ1) is 17.4. The number of esters is 1. The number of nitrogens with zero attached hydrogens (tertiary/aromatic N) is 4. The van der Waals surface area contributed by atoms with E-state index in [0.29, 0.717) is 42.9 Å². The molecule has 0 bridgehead atoms. The van der Waals surface area contributed by atoms with Gasteiger partial charge in [-0.2, -0.15) is 0 Å². The van der Waals surface area contributed by atoms with Crippen molar-refractivity contribution < 1.29 is 14.6 Å². The van der Waals surface area contributed by atoms with Crippen LogP contribution in [0.4, 0.5) is 11.6 Å². The van der Waals surface area contributed by atoms with E-state index in [0.717, 1.165) is 22.6 Å². The zero-order chi connectivity index (χ0) is 25.1. The van der Waals surface area contributed by atoms with Crippen molar-refractivity contribution in [1.82, 2.24) is 19.5 Å². The molecule has 0 unspecified atom stereocenters. The van der Waals surface area contributed by atoms with Crippen LogP contribution >= 0.6 is 0 Å². The summed E-state index contributed by atoms with van der Waals surface area (Å²) >= 11 is 0. The number of rotatable bonds is 6. The lowest BCUT2D eigenvalue weighted by atomic mass is 9.81. The molecule has 8 nitrogen and oxygen atoms in total. The fourth-order valence-electron chi connectivity index (χ4n) is 4.56. The fraction of sp³-hybridized carbons (Fsp3) is 0.286. The molecule has 0 aliphatic heterocycles. The first-order valence-electron chi connectivity index (χ1n) is 12.1. The second-order valence-corrected chi connectivity index (χ2v) is 9.37. The molecule has 0 spiro atoms. The van der Waals surface area contributed by atoms with E-state index in [9.17, 15) is 9.90 Å². The van der Waals surface area contributed by atoms with Crippen molar-refractivity contribution in [2.24, 2.45) is 0 Å². The van der Waals surface area contributed by atoms with Crippen molar-refractivity contribution in [3.63, 3.8) is 0 Å². The molecular weight excluding hydrogens is 454 g/mol. The number of hydrogen-bond acceptors (Lipinski definition) is 7. The van der Waals surface area contributed by atoms with Gasteiger partial charge in [0, 0.05) is 29.5 Å². The lowest BCUT2D eigenvalue weighted by Crippen LogP contribution is -2.35. The van der Waals surface area contributed by atoms with Crippen LogP contribution in [0.15, 0.2) is 73.3 Å². The van der Waals surface area contributed by atoms with Gasteiger partial charge in [-0.25, -0.2) is 19.7 Å². The van der Waals surface area contributed by atoms with Crippen LogP contribution in [0.1, 0.15) is 53.0 Å². The van der Waals surface area contributed by atoms with Gasteiger partial charge in [0.15, 0.2) is 0 Å². The Hall–Kier alpha value is -4.04. The van der Waals surface area contributed by atoms with Crippen LogP contribution in [0.5, 0.6) is 0 Å². The SMILES string of the molecule is Cc1cc(Nc2nccc(C)n2)cc(-n2cnc([C@]3(O)CC[C@H](OC(=O)c4ccccc4)CC3)c2)c1. The van der Waals surface area contributed by atoms with Crippen molar-refractivity contribution in [2.75, 3.05) is 5.32 Å². The number of carbonyl (C=O) groups excluding carboxylic acids is 1. The zero-order valence-corrected chi connectivity index (χ0v) is 20.4. The minimum atomic E-state index is -1.05. The predicted octanol–water partition coefficient (Wildman–Crippen LogP) is 5.01. The fourth-order valence-corrected chi connectivity index (χ4v) is 4.56. The summed E-state index contributed by atoms with van der Waals surface area (Å²) in [6, 6.07) is 16.9. The van der Waals surface area contributed by atoms with E-state index >= 15 is 0 Å². The monoisotopic (exact) mass is 483 g/mol. The number of ether oxygens (including phenoxy) is 1. The van der Waals surface area contributed by atoms with Crippen LogP contribution in [0.25, 0.3) is 5.69 Å². The number of anilines is 2. The molecule has 2 N–H and O–H groups in total. The van der Waals surface area contributed by atoms with Gasteiger partial charge in [-0.3, -0.25) is 0 Å². The molecule has 184 valence electrons. The van der Waals surface area contributed by atoms with Gasteiger partial charge in [-0.05, 0) is 81.5 Å². The lowest BCUT2D eigenvalue weighted by molar-refractivity contribution is -0.0485. The third kappa shape index (κ3) is 5.28. The van der Waals surface area contributed by atoms with Crippen LogP contribution in [0.2, 0.25) is 0 Å². The maximum absolute atomic E-state index is 12.4. The molecule has 1 fully saturated rings. The van der Waals surface area contributed by atoms with Crippen molar-refractivity contribution in [1.29, 1.82) is 0 Å². The van der Waals surface area contributed by atoms with E-state index in [1.54, 1.807) is 24.7 Å². The highest BCUT2D eigenvalue weighted by Crippen LogP contribution is 2.38. The second-order valence-electron chi connectivity index (χ2n) is 9.37. The van der Waals surface area contributed by atoms with Crippen LogP contribution in [-0.4, -0.2) is 36.7 Å². The van der Waals surface area contributed by atoms with E-state index in [-0.39, 0.29) is 12.1 Å². The number of aryl methyl sites for hydroxylation is 2. The van der Waals surface area contributed by atoms with Crippen LogP contribution in [-0.2, 0) is 10.3 Å². The van der Waals surface area contributed by atoms with Gasteiger partial charge in [-0.1, -0.05) is 18.2 Å². The molecule has 5 rings (SSSR count). The number of aromatic nitrogens is 4. The highest BCUT2D eigenvalue weighted by molar-refractivity contribution is 5.89. The number of imidazole rings is 1. The number of carbonyl (C=O) groups is 1. The first-order valence-corrected chi connectivity index (χ1v) is 12.1. The van der Waals surface area contributed by atoms with E-state index in [2.05, 4.69) is 26.3 Å². The third-order valence-corrected chi connectivity index (χ3v) is 6.51. The Kier molecular flexibility index (Phi) is 6.52. The standard InChI is InChI=1S/C28H29N5O3/c1-19-14-22(32-27-29-13-10-20(2)31-27)16-23(15-19)33-17-25(30-18-33)28(35)11-8-24(9-12-28)36-26(34)21-6-4-3-5-7-21/h3-7,10,13-18,24,35H,8-9,11-12H2,1-2H3,(H,29,31,32)/t24-,28-. The van der Waals surface area contributed by atoms with E-state index in [1.807, 2.05) is 61.0 Å². The van der Waals surface area contributed by atoms with Gasteiger partial charge < -0.3 is 19.7 Å². The number of benzene rings is 2. The largest absolute Gasteiger partial charge is 0.459 e. The predicted molar refractivity (Wildman–Crippen MR) is 136 cm³/mol. The normalized spacial score (nSPS) is 19.6. The molecule has 8 heteroatoms. The van der Waals surface area contributed by atoms with Crippen molar-refractivity contribution >= 4 is 17.6 Å². The summed E-state index contributed by atoms with van der Waals surface area (Å²) in [7, 11) is 0. The van der Waals surface area contributed by atoms with E-state index in [4.69, 9.17) is 4.74 Å². The molecule has 0 saturated heterocycles. The van der Waals surface area contributed by atoms with Crippen molar-refractivity contribution in [2.45, 2.75) is 51.2 Å². The molecule has 0 atom stereocenters. The highest BCUT2D eigenvalue weighted by atomic mass is 16.5. The molecule has 4 aromatic rings. The molecule has 1 aliphatic rings. The Labute approximate surface area is 210 Å². The zero-order valence-electron chi connectivity index (χ0n) is 20.4. The Morgan fingerprint density at radius 1 is 1.08 bits per heavy atom. The number of aliphatic hydroxyl groups is 1. The molecule has 2 aromatic heterocycles. The van der Waals surface area contributed by atoms with Gasteiger partial charge in [0.2, 0.25) is 5.95 Å². The molecule has 2 heterocycles. The summed E-state index contributed by atoms with van der Waals surface area (Å²) in [5, 5.41) is 14.6. The smallest absolute Gasteiger partial charge is 0.338 e. The highest BCUT2D eigenvalue weighted by Gasteiger charge is 2.38. The van der Waals surface area contributed by atoms with Gasteiger partial charge in [0.25, 0.3) is 0 Å². The van der Waals surface area contributed by atoms with E-state index in [1.165, 1.54) is 0 Å². The molecule has 2 aromatic carbocycles. The summed E-state index contributed by atoms with van der Waals surface area (Å²) in [4.78, 5) is 25.6. The number of hydrogen-bond donors (Lipinski definition) is 2. The van der Waals surface area contributed by atoms with Gasteiger partial charge >= 0.3 is 5.97 Å². The average molecular weight is 484 g/mol. The van der Waals surface area contributed by atoms with Gasteiger partial charge in [0.1, 0.15) is 11.7 Å². The van der Waals surface area contributed by atoms with Crippen LogP contribution < -0.4 is 5.32 Å². The minimum absolute atomic E-state index is 0.214. The molecule has 36 heavy (non-hydrogen) atoms. The van der Waals surface area contributed by atoms with Crippen molar-refractivity contribution in [3.05, 3.63) is 95.8 Å². The Bertz CT molecular complexity index is 1360. The number of nitrogens with one attached hydrogen (secondary N) is 1. The minimum Gasteiger partial charge on any atom is -0.459 e. The summed E-state index contributed by atoms with van der Waals surface area (Å²) < 4.78 is 7.58. The average Bonchev–Trinajstić information content (AvgIpc) is 3.37. The Morgan fingerprint density at radius 2 is 1.86 bits per heavy atom. The molecule has 0 radical (unpaired) electrons. The van der Waals surface area contributed by atoms with Crippen molar-refractivity contribution in [3.8, 4) is 5.69 Å². The third-order valence-electron chi connectivity index (χ3n) is 6.51.